The lowest BCUT2D eigenvalue weighted by Gasteiger charge is -1.98. The summed E-state index contributed by atoms with van der Waals surface area (Å²) in [7, 11) is 2.55. The highest BCUT2D eigenvalue weighted by atomic mass is 16.5. The van der Waals surface area contributed by atoms with Gasteiger partial charge in [0.25, 0.3) is 5.97 Å². The van der Waals surface area contributed by atoms with Crippen molar-refractivity contribution in [3.8, 4) is 0 Å². The summed E-state index contributed by atoms with van der Waals surface area (Å²) in [5.41, 5.74) is 0. The van der Waals surface area contributed by atoms with Crippen LogP contribution in [0.5, 0.6) is 0 Å². The summed E-state index contributed by atoms with van der Waals surface area (Å²) in [5.74, 6) is -2.83. The Labute approximate surface area is 146 Å². The number of hydrogen-bond acceptors (Lipinski definition) is 8. The zero-order valence-corrected chi connectivity index (χ0v) is 14.9. The predicted molar refractivity (Wildman–Crippen MR) is 84.7 cm³/mol. The first-order chi connectivity index (χ1) is 11.6. The first-order valence-electron chi connectivity index (χ1n) is 7.31. The van der Waals surface area contributed by atoms with E-state index >= 15 is 0 Å². The molecule has 0 saturated heterocycles. The molecular formula is C15H26O10. The number of hydrogen-bond donors (Lipinski definition) is 2. The maximum absolute atomic E-state index is 10.6. The Morgan fingerprint density at radius 2 is 1.16 bits per heavy atom. The molecule has 146 valence electrons. The van der Waals surface area contributed by atoms with Crippen molar-refractivity contribution in [1.29, 1.82) is 0 Å². The summed E-state index contributed by atoms with van der Waals surface area (Å²) in [6.45, 7) is 3.15. The molecule has 0 heterocycles. The van der Waals surface area contributed by atoms with E-state index in [-0.39, 0.29) is 31.7 Å². The van der Waals surface area contributed by atoms with Gasteiger partial charge < -0.3 is 24.4 Å². The van der Waals surface area contributed by atoms with E-state index in [1.165, 1.54) is 14.2 Å². The molecule has 25 heavy (non-hydrogen) atoms. The van der Waals surface area contributed by atoms with Crippen molar-refractivity contribution in [2.45, 2.75) is 46.0 Å². The summed E-state index contributed by atoms with van der Waals surface area (Å²) < 4.78 is 13.2. The van der Waals surface area contributed by atoms with Crippen molar-refractivity contribution in [2.75, 3.05) is 20.8 Å². The summed E-state index contributed by atoms with van der Waals surface area (Å²) >= 11 is 0. The van der Waals surface area contributed by atoms with E-state index in [4.69, 9.17) is 15.0 Å². The molecule has 0 fully saturated rings. The highest BCUT2D eigenvalue weighted by molar-refractivity contribution is 5.77. The summed E-state index contributed by atoms with van der Waals surface area (Å²) in [6.07, 6.45) is 0.749. The minimum Gasteiger partial charge on any atom is -0.481 e. The number of carbonyl (C=O) groups is 5. The van der Waals surface area contributed by atoms with Crippen molar-refractivity contribution >= 4 is 29.8 Å². The predicted octanol–water partition coefficient (Wildman–Crippen LogP) is 1.01. The van der Waals surface area contributed by atoms with Crippen LogP contribution in [0.2, 0.25) is 0 Å². The Balaban J connectivity index is -0.000000321. The summed E-state index contributed by atoms with van der Waals surface area (Å²) in [4.78, 5) is 50.4. The van der Waals surface area contributed by atoms with E-state index < -0.39 is 23.9 Å². The third kappa shape index (κ3) is 33.9. The molecule has 10 heteroatoms. The van der Waals surface area contributed by atoms with Crippen LogP contribution in [0, 0.1) is 0 Å². The quantitative estimate of drug-likeness (QED) is 0.470. The monoisotopic (exact) mass is 366 g/mol. The lowest BCUT2D eigenvalue weighted by Crippen LogP contribution is -2.06. The van der Waals surface area contributed by atoms with E-state index in [0.29, 0.717) is 13.0 Å². The Kier molecular flexibility index (Phi) is 21.1. The molecule has 0 unspecified atom stereocenters. The summed E-state index contributed by atoms with van der Waals surface area (Å²) in [5, 5.41) is 15.6. The second kappa shape index (κ2) is 19.4. The maximum atomic E-state index is 10.6. The second-order valence-corrected chi connectivity index (χ2v) is 4.22. The van der Waals surface area contributed by atoms with Crippen molar-refractivity contribution in [3.05, 3.63) is 0 Å². The lowest BCUT2D eigenvalue weighted by molar-refractivity contribution is -0.147. The first-order valence-corrected chi connectivity index (χ1v) is 7.31. The second-order valence-electron chi connectivity index (χ2n) is 4.22. The molecule has 0 rings (SSSR count). The number of aliphatic carboxylic acids is 2. The van der Waals surface area contributed by atoms with Crippen molar-refractivity contribution in [1.82, 2.24) is 0 Å². The number of rotatable bonds is 8. The normalized spacial score (nSPS) is 8.48. The minimum absolute atomic E-state index is 0.0266. The van der Waals surface area contributed by atoms with Crippen LogP contribution >= 0.6 is 0 Å². The van der Waals surface area contributed by atoms with Crippen LogP contribution in [0.3, 0.4) is 0 Å². The number of carboxylic acid groups (broad SMARTS) is 2. The van der Waals surface area contributed by atoms with Crippen LogP contribution in [-0.2, 0) is 38.2 Å². The zero-order valence-electron chi connectivity index (χ0n) is 14.9. The molecule has 0 radical (unpaired) electrons. The van der Waals surface area contributed by atoms with Gasteiger partial charge in [0.05, 0.1) is 33.7 Å². The standard InChI is InChI=1S/C7H12O4.C6H10O4.C2H4O2/c1-2-11-7(10)5-3-4-6(8)9;1-9-5(7)3-4-6(8)10-2;1-2(3)4/h2-5H2,1H3,(H,8,9);3-4H2,1-2H3;1H3,(H,3,4). The third-order valence-corrected chi connectivity index (χ3v) is 2.07. The van der Waals surface area contributed by atoms with Gasteiger partial charge in [0, 0.05) is 19.8 Å². The molecule has 2 N–H and O–H groups in total. The Hall–Kier alpha value is -2.65. The zero-order chi connectivity index (χ0) is 20.3. The van der Waals surface area contributed by atoms with E-state index in [2.05, 4.69) is 14.2 Å². The molecule has 0 saturated carbocycles. The molecule has 0 amide bonds. The molecular weight excluding hydrogens is 340 g/mol. The maximum Gasteiger partial charge on any atom is 0.306 e. The van der Waals surface area contributed by atoms with Gasteiger partial charge in [-0.3, -0.25) is 24.0 Å². The first kappa shape index (κ1) is 27.2. The number of ether oxygens (including phenoxy) is 3. The summed E-state index contributed by atoms with van der Waals surface area (Å²) in [6, 6.07) is 0. The molecule has 0 bridgehead atoms. The molecule has 0 aliphatic heterocycles. The Morgan fingerprint density at radius 1 is 0.760 bits per heavy atom. The molecule has 0 aliphatic rings. The van der Waals surface area contributed by atoms with Gasteiger partial charge in [-0.1, -0.05) is 0 Å². The lowest BCUT2D eigenvalue weighted by atomic mass is 10.2. The van der Waals surface area contributed by atoms with Gasteiger partial charge in [-0.05, 0) is 13.3 Å². The van der Waals surface area contributed by atoms with Gasteiger partial charge >= 0.3 is 23.9 Å². The van der Waals surface area contributed by atoms with E-state index in [0.717, 1.165) is 6.92 Å². The van der Waals surface area contributed by atoms with Crippen LogP contribution in [-0.4, -0.2) is 60.9 Å². The molecule has 0 aromatic heterocycles. The number of carbonyl (C=O) groups excluding carboxylic acids is 3. The van der Waals surface area contributed by atoms with E-state index in [9.17, 15) is 19.2 Å². The van der Waals surface area contributed by atoms with Crippen molar-refractivity contribution < 1.29 is 48.4 Å². The molecule has 0 aromatic rings. The Bertz CT molecular complexity index is 397. The smallest absolute Gasteiger partial charge is 0.306 e. The van der Waals surface area contributed by atoms with Gasteiger partial charge in [0.2, 0.25) is 0 Å². The molecule has 0 atom stereocenters. The van der Waals surface area contributed by atoms with Crippen LogP contribution in [0.4, 0.5) is 0 Å². The fourth-order valence-electron chi connectivity index (χ4n) is 1.03. The van der Waals surface area contributed by atoms with Gasteiger partial charge in [-0.25, -0.2) is 0 Å². The van der Waals surface area contributed by atoms with Crippen LogP contribution in [0.15, 0.2) is 0 Å². The van der Waals surface area contributed by atoms with E-state index in [1.54, 1.807) is 6.92 Å². The van der Waals surface area contributed by atoms with Crippen molar-refractivity contribution in [2.24, 2.45) is 0 Å². The van der Waals surface area contributed by atoms with E-state index in [1.807, 2.05) is 0 Å². The topological polar surface area (TPSA) is 154 Å². The number of carboxylic acids is 2. The molecule has 10 nitrogen and oxygen atoms in total. The highest BCUT2D eigenvalue weighted by Gasteiger charge is 2.05. The van der Waals surface area contributed by atoms with Crippen LogP contribution < -0.4 is 0 Å². The highest BCUT2D eigenvalue weighted by Crippen LogP contribution is 1.97. The molecule has 0 spiro atoms. The largest absolute Gasteiger partial charge is 0.481 e. The van der Waals surface area contributed by atoms with Gasteiger partial charge in [0.15, 0.2) is 0 Å². The fraction of sp³-hybridized carbons (Fsp3) is 0.667. The fourth-order valence-corrected chi connectivity index (χ4v) is 1.03. The number of methoxy groups -OCH3 is 2. The van der Waals surface area contributed by atoms with Gasteiger partial charge in [0.1, 0.15) is 0 Å². The molecule has 0 aromatic carbocycles. The third-order valence-electron chi connectivity index (χ3n) is 2.07. The average molecular weight is 366 g/mol. The molecule has 0 aliphatic carbocycles. The average Bonchev–Trinajstić information content (AvgIpc) is 2.52. The number of esters is 3. The van der Waals surface area contributed by atoms with Gasteiger partial charge in [-0.15, -0.1) is 0 Å². The van der Waals surface area contributed by atoms with Crippen LogP contribution in [0.25, 0.3) is 0 Å². The Morgan fingerprint density at radius 3 is 1.44 bits per heavy atom. The minimum atomic E-state index is -0.880. The van der Waals surface area contributed by atoms with Crippen LogP contribution in [0.1, 0.15) is 46.0 Å². The van der Waals surface area contributed by atoms with Gasteiger partial charge in [-0.2, -0.15) is 0 Å². The van der Waals surface area contributed by atoms with Crippen molar-refractivity contribution in [3.63, 3.8) is 0 Å². The SMILES string of the molecule is CC(=O)O.CCOC(=O)CCCC(=O)O.COC(=O)CCC(=O)OC.